The Labute approximate surface area is 193 Å². The first kappa shape index (κ1) is 21.6. The lowest BCUT2D eigenvalue weighted by Gasteiger charge is -2.48. The molecule has 0 bridgehead atoms. The molecule has 6 nitrogen and oxygen atoms in total. The number of aliphatic hydroxyl groups is 1. The lowest BCUT2D eigenvalue weighted by atomic mass is 9.72. The largest absolute Gasteiger partial charge is 0.387 e. The SMILES string of the molecule is COCCO[C@H]1c2ccn3c(C)c(C)nc3c2NC(c2ccccc2)(c2ccccc2)[C@H]1O. The van der Waals surface area contributed by atoms with Gasteiger partial charge in [0.05, 0.1) is 24.6 Å². The zero-order valence-corrected chi connectivity index (χ0v) is 19.2. The number of nitrogens with zero attached hydrogens (tertiary/aromatic N) is 2. The van der Waals surface area contributed by atoms with Crippen LogP contribution in [0.4, 0.5) is 5.69 Å². The smallest absolute Gasteiger partial charge is 0.161 e. The second kappa shape index (κ2) is 8.63. The third-order valence-corrected chi connectivity index (χ3v) is 6.70. The van der Waals surface area contributed by atoms with Gasteiger partial charge in [-0.2, -0.15) is 0 Å². The van der Waals surface area contributed by atoms with Crippen molar-refractivity contribution in [1.29, 1.82) is 0 Å². The minimum Gasteiger partial charge on any atom is -0.387 e. The van der Waals surface area contributed by atoms with E-state index < -0.39 is 17.7 Å². The molecule has 0 saturated heterocycles. The van der Waals surface area contributed by atoms with Crippen molar-refractivity contribution >= 4 is 11.3 Å². The Morgan fingerprint density at radius 1 is 0.970 bits per heavy atom. The quantitative estimate of drug-likeness (QED) is 0.433. The van der Waals surface area contributed by atoms with E-state index >= 15 is 0 Å². The van der Waals surface area contributed by atoms with Gasteiger partial charge in [0, 0.05) is 24.6 Å². The number of fused-ring (bicyclic) bond motifs is 3. The van der Waals surface area contributed by atoms with E-state index in [4.69, 9.17) is 14.5 Å². The van der Waals surface area contributed by atoms with Gasteiger partial charge >= 0.3 is 0 Å². The van der Waals surface area contributed by atoms with Gasteiger partial charge in [0.25, 0.3) is 0 Å². The maximum atomic E-state index is 12.0. The molecule has 0 radical (unpaired) electrons. The van der Waals surface area contributed by atoms with Crippen LogP contribution < -0.4 is 5.32 Å². The highest BCUT2D eigenvalue weighted by molar-refractivity contribution is 5.77. The number of benzene rings is 2. The number of aryl methyl sites for hydroxylation is 2. The molecule has 3 heterocycles. The number of rotatable bonds is 6. The van der Waals surface area contributed by atoms with Crippen LogP contribution in [0.2, 0.25) is 0 Å². The Kier molecular flexibility index (Phi) is 5.66. The van der Waals surface area contributed by atoms with Crippen LogP contribution >= 0.6 is 0 Å². The second-order valence-electron chi connectivity index (χ2n) is 8.52. The van der Waals surface area contributed by atoms with Gasteiger partial charge in [-0.05, 0) is 31.0 Å². The fourth-order valence-electron chi connectivity index (χ4n) is 4.88. The highest BCUT2D eigenvalue weighted by atomic mass is 16.5. The fraction of sp³-hybridized carbons (Fsp3) is 0.296. The number of aromatic nitrogens is 2. The molecular formula is C27H29N3O3. The number of nitrogens with one attached hydrogen (secondary N) is 1. The van der Waals surface area contributed by atoms with E-state index in [9.17, 15) is 5.11 Å². The maximum Gasteiger partial charge on any atom is 0.161 e. The summed E-state index contributed by atoms with van der Waals surface area (Å²) in [6.45, 7) is 4.89. The molecule has 2 aromatic carbocycles. The normalized spacial score (nSPS) is 19.3. The molecule has 2 N–H and O–H groups in total. The first-order valence-corrected chi connectivity index (χ1v) is 11.2. The first-order valence-electron chi connectivity index (χ1n) is 11.2. The number of hydrogen-bond donors (Lipinski definition) is 2. The van der Waals surface area contributed by atoms with E-state index in [1.165, 1.54) is 0 Å². The Morgan fingerprint density at radius 2 is 1.61 bits per heavy atom. The average Bonchev–Trinajstić information content (AvgIpc) is 3.15. The van der Waals surface area contributed by atoms with Crippen LogP contribution in [-0.4, -0.2) is 40.9 Å². The predicted molar refractivity (Wildman–Crippen MR) is 129 cm³/mol. The van der Waals surface area contributed by atoms with Crippen LogP contribution in [0.3, 0.4) is 0 Å². The van der Waals surface area contributed by atoms with Crippen molar-refractivity contribution in [2.24, 2.45) is 0 Å². The molecule has 5 rings (SSSR count). The number of pyridine rings is 1. The average molecular weight is 444 g/mol. The molecule has 2 aromatic heterocycles. The number of hydrogen-bond acceptors (Lipinski definition) is 5. The third kappa shape index (κ3) is 3.42. The van der Waals surface area contributed by atoms with Gasteiger partial charge in [0.1, 0.15) is 17.7 Å². The number of anilines is 1. The van der Waals surface area contributed by atoms with Gasteiger partial charge in [0.2, 0.25) is 0 Å². The number of ether oxygens (including phenoxy) is 2. The van der Waals surface area contributed by atoms with E-state index in [1.807, 2.05) is 79.9 Å². The predicted octanol–water partition coefficient (Wildman–Crippen LogP) is 4.39. The third-order valence-electron chi connectivity index (χ3n) is 6.70. The Morgan fingerprint density at radius 3 is 2.21 bits per heavy atom. The number of methoxy groups -OCH3 is 1. The minimum absolute atomic E-state index is 0.370. The van der Waals surface area contributed by atoms with Crippen molar-refractivity contribution in [2.45, 2.75) is 31.6 Å². The molecule has 1 aliphatic rings. The summed E-state index contributed by atoms with van der Waals surface area (Å²) in [7, 11) is 1.65. The molecular weight excluding hydrogens is 414 g/mol. The number of aliphatic hydroxyl groups excluding tert-OH is 1. The Balaban J connectivity index is 1.79. The minimum atomic E-state index is -0.928. The molecule has 0 spiro atoms. The van der Waals surface area contributed by atoms with Crippen molar-refractivity contribution < 1.29 is 14.6 Å². The van der Waals surface area contributed by atoms with Crippen LogP contribution in [0.15, 0.2) is 72.9 Å². The molecule has 0 unspecified atom stereocenters. The van der Waals surface area contributed by atoms with Crippen molar-refractivity contribution in [3.05, 3.63) is 101 Å². The lowest BCUT2D eigenvalue weighted by Crippen LogP contribution is -2.54. The van der Waals surface area contributed by atoms with Gasteiger partial charge in [-0.3, -0.25) is 0 Å². The number of imidazole rings is 1. The molecule has 1 aliphatic heterocycles. The van der Waals surface area contributed by atoms with E-state index in [1.54, 1.807) is 7.11 Å². The summed E-state index contributed by atoms with van der Waals surface area (Å²) in [5.74, 6) is 0. The molecule has 0 fully saturated rings. The summed E-state index contributed by atoms with van der Waals surface area (Å²) in [4.78, 5) is 4.87. The van der Waals surface area contributed by atoms with Gasteiger partial charge in [-0.15, -0.1) is 0 Å². The van der Waals surface area contributed by atoms with Crippen molar-refractivity contribution in [1.82, 2.24) is 9.38 Å². The van der Waals surface area contributed by atoms with Crippen LogP contribution in [0.1, 0.15) is 34.2 Å². The van der Waals surface area contributed by atoms with Gasteiger partial charge in [-0.1, -0.05) is 60.7 Å². The summed E-state index contributed by atoms with van der Waals surface area (Å²) in [6.07, 6.45) is 0.535. The fourth-order valence-corrected chi connectivity index (χ4v) is 4.88. The monoisotopic (exact) mass is 443 g/mol. The topological polar surface area (TPSA) is 68.0 Å². The second-order valence-corrected chi connectivity index (χ2v) is 8.52. The van der Waals surface area contributed by atoms with Crippen LogP contribution in [-0.2, 0) is 15.0 Å². The molecule has 4 aromatic rings. The zero-order chi connectivity index (χ0) is 23.0. The summed E-state index contributed by atoms with van der Waals surface area (Å²) < 4.78 is 13.6. The van der Waals surface area contributed by atoms with Crippen molar-refractivity contribution in [3.63, 3.8) is 0 Å². The molecule has 33 heavy (non-hydrogen) atoms. The molecule has 0 amide bonds. The zero-order valence-electron chi connectivity index (χ0n) is 19.2. The standard InChI is InChI=1S/C27H29N3O3/c1-18-19(2)30-15-14-22-23(26(30)28-18)29-27(20-10-6-4-7-11-20,21-12-8-5-9-13-21)25(31)24(22)33-17-16-32-3/h4-15,24-25,29,31H,16-17H2,1-3H3/t24-,25-/m0/s1. The molecule has 0 saturated carbocycles. The van der Waals surface area contributed by atoms with Crippen molar-refractivity contribution in [2.75, 3.05) is 25.6 Å². The van der Waals surface area contributed by atoms with Gasteiger partial charge in [0.15, 0.2) is 5.65 Å². The van der Waals surface area contributed by atoms with Crippen molar-refractivity contribution in [3.8, 4) is 0 Å². The first-order chi connectivity index (χ1) is 16.1. The highest BCUT2D eigenvalue weighted by Crippen LogP contribution is 2.49. The highest BCUT2D eigenvalue weighted by Gasteiger charge is 2.51. The molecule has 6 heteroatoms. The van der Waals surface area contributed by atoms with E-state index in [0.717, 1.165) is 39.4 Å². The lowest BCUT2D eigenvalue weighted by molar-refractivity contribution is -0.0766. The Hall–Kier alpha value is -3.19. The van der Waals surface area contributed by atoms with E-state index in [-0.39, 0.29) is 0 Å². The van der Waals surface area contributed by atoms with E-state index in [0.29, 0.717) is 13.2 Å². The van der Waals surface area contributed by atoms with Crippen LogP contribution in [0, 0.1) is 13.8 Å². The van der Waals surface area contributed by atoms with Crippen LogP contribution in [0.25, 0.3) is 5.65 Å². The molecule has 0 aliphatic carbocycles. The molecule has 2 atom stereocenters. The Bertz CT molecular complexity index is 1210. The summed E-state index contributed by atoms with van der Waals surface area (Å²) >= 11 is 0. The molecule has 170 valence electrons. The summed E-state index contributed by atoms with van der Waals surface area (Å²) in [5, 5.41) is 15.8. The maximum absolute atomic E-state index is 12.0. The van der Waals surface area contributed by atoms with Gasteiger partial charge in [-0.25, -0.2) is 4.98 Å². The van der Waals surface area contributed by atoms with Crippen LogP contribution in [0.5, 0.6) is 0 Å². The summed E-state index contributed by atoms with van der Waals surface area (Å²) in [6, 6.07) is 22.1. The van der Waals surface area contributed by atoms with Gasteiger partial charge < -0.3 is 24.3 Å². The summed E-state index contributed by atoms with van der Waals surface area (Å²) in [5.41, 5.74) is 5.62. The van der Waals surface area contributed by atoms with E-state index in [2.05, 4.69) is 16.6 Å².